The highest BCUT2D eigenvalue weighted by atomic mass is 32.2. The Hall–Kier alpha value is -0.950. The second-order valence-electron chi connectivity index (χ2n) is 6.13. The van der Waals surface area contributed by atoms with Gasteiger partial charge in [0, 0.05) is 19.0 Å². The second kappa shape index (κ2) is 8.48. The van der Waals surface area contributed by atoms with Crippen LogP contribution in [0.5, 0.6) is 0 Å². The summed E-state index contributed by atoms with van der Waals surface area (Å²) < 4.78 is 10.4. The first-order valence-electron chi connectivity index (χ1n) is 7.16. The number of thioether (sulfide) groups is 1. The summed E-state index contributed by atoms with van der Waals surface area (Å²) in [5.74, 6) is 0.759. The van der Waals surface area contributed by atoms with Crippen molar-refractivity contribution in [3.05, 3.63) is 0 Å². The summed E-state index contributed by atoms with van der Waals surface area (Å²) >= 11 is 1.55. The molecule has 6 nitrogen and oxygen atoms in total. The summed E-state index contributed by atoms with van der Waals surface area (Å²) in [5.41, 5.74) is -0.637. The van der Waals surface area contributed by atoms with Crippen molar-refractivity contribution in [1.82, 2.24) is 5.32 Å². The molecule has 0 aromatic heterocycles. The van der Waals surface area contributed by atoms with E-state index in [0.29, 0.717) is 11.7 Å². The predicted octanol–water partition coefficient (Wildman–Crippen LogP) is 2.12. The van der Waals surface area contributed by atoms with E-state index in [4.69, 9.17) is 14.6 Å². The first-order chi connectivity index (χ1) is 9.78. The van der Waals surface area contributed by atoms with Crippen LogP contribution in [0.1, 0.15) is 33.6 Å². The lowest BCUT2D eigenvalue weighted by Crippen LogP contribution is -2.45. The molecule has 0 bridgehead atoms. The molecule has 1 fully saturated rings. The summed E-state index contributed by atoms with van der Waals surface area (Å²) in [4.78, 5) is 22.8. The normalized spacial score (nSPS) is 18.0. The Morgan fingerprint density at radius 1 is 1.38 bits per heavy atom. The van der Waals surface area contributed by atoms with Crippen molar-refractivity contribution in [3.63, 3.8) is 0 Å². The number of carboxylic acid groups (broad SMARTS) is 1. The second-order valence-corrected chi connectivity index (χ2v) is 7.21. The van der Waals surface area contributed by atoms with E-state index in [2.05, 4.69) is 5.32 Å². The Labute approximate surface area is 129 Å². The topological polar surface area (TPSA) is 84.9 Å². The third-order valence-electron chi connectivity index (χ3n) is 2.97. The number of carbonyl (C=O) groups excluding carboxylic acids is 1. The van der Waals surface area contributed by atoms with Crippen molar-refractivity contribution in [2.45, 2.75) is 45.3 Å². The van der Waals surface area contributed by atoms with Crippen LogP contribution in [0.2, 0.25) is 0 Å². The average Bonchev–Trinajstić information content (AvgIpc) is 2.36. The number of carboxylic acids is 1. The van der Waals surface area contributed by atoms with Crippen molar-refractivity contribution in [3.8, 4) is 0 Å². The molecule has 1 atom stereocenters. The number of rotatable bonds is 6. The minimum Gasteiger partial charge on any atom is -0.480 e. The highest BCUT2D eigenvalue weighted by molar-refractivity contribution is 7.99. The van der Waals surface area contributed by atoms with Crippen molar-refractivity contribution in [2.24, 2.45) is 5.92 Å². The maximum Gasteiger partial charge on any atom is 0.408 e. The fourth-order valence-electron chi connectivity index (χ4n) is 1.89. The van der Waals surface area contributed by atoms with Gasteiger partial charge >= 0.3 is 12.1 Å². The number of hydrogen-bond donors (Lipinski definition) is 2. The van der Waals surface area contributed by atoms with Gasteiger partial charge in [-0.3, -0.25) is 0 Å². The minimum absolute atomic E-state index is 0.339. The largest absolute Gasteiger partial charge is 0.480 e. The van der Waals surface area contributed by atoms with Gasteiger partial charge in [-0.05, 0) is 45.3 Å². The molecule has 2 N–H and O–H groups in total. The van der Waals surface area contributed by atoms with Gasteiger partial charge in [-0.1, -0.05) is 0 Å². The molecule has 122 valence electrons. The Morgan fingerprint density at radius 2 is 2.00 bits per heavy atom. The van der Waals surface area contributed by atoms with Crippen LogP contribution in [0.3, 0.4) is 0 Å². The number of carbonyl (C=O) groups is 2. The van der Waals surface area contributed by atoms with Crippen LogP contribution >= 0.6 is 11.8 Å². The van der Waals surface area contributed by atoms with E-state index < -0.39 is 23.7 Å². The number of hydrogen-bond acceptors (Lipinski definition) is 5. The van der Waals surface area contributed by atoms with E-state index in [-0.39, 0.29) is 0 Å². The van der Waals surface area contributed by atoms with E-state index >= 15 is 0 Å². The molecule has 0 aliphatic carbocycles. The lowest BCUT2D eigenvalue weighted by atomic mass is 10.0. The quantitative estimate of drug-likeness (QED) is 0.780. The number of alkyl carbamates (subject to hydrolysis) is 1. The minimum atomic E-state index is -1.04. The van der Waals surface area contributed by atoms with Crippen LogP contribution < -0.4 is 5.32 Å². The van der Waals surface area contributed by atoms with E-state index in [9.17, 15) is 9.59 Å². The molecule has 0 spiro atoms. The smallest absolute Gasteiger partial charge is 0.408 e. The van der Waals surface area contributed by atoms with Gasteiger partial charge in [0.15, 0.2) is 0 Å². The van der Waals surface area contributed by atoms with Crippen LogP contribution in [0.4, 0.5) is 4.79 Å². The van der Waals surface area contributed by atoms with Crippen LogP contribution in [-0.2, 0) is 14.3 Å². The fraction of sp³-hybridized carbons (Fsp3) is 0.857. The molecule has 1 aliphatic heterocycles. The molecular formula is C14H25NO5S. The number of aliphatic carboxylic acids is 1. The predicted molar refractivity (Wildman–Crippen MR) is 81.7 cm³/mol. The van der Waals surface area contributed by atoms with Gasteiger partial charge in [-0.15, -0.1) is 0 Å². The van der Waals surface area contributed by atoms with Crippen molar-refractivity contribution in [1.29, 1.82) is 0 Å². The highest BCUT2D eigenvalue weighted by Gasteiger charge is 2.24. The summed E-state index contributed by atoms with van der Waals surface area (Å²) in [6.45, 7) is 6.78. The molecule has 7 heteroatoms. The lowest BCUT2D eigenvalue weighted by molar-refractivity contribution is -0.138. The Morgan fingerprint density at radius 3 is 2.52 bits per heavy atom. The van der Waals surface area contributed by atoms with Crippen LogP contribution in [0.15, 0.2) is 0 Å². The summed E-state index contributed by atoms with van der Waals surface area (Å²) in [6.07, 6.45) is 1.34. The first kappa shape index (κ1) is 18.1. The molecule has 0 aromatic carbocycles. The van der Waals surface area contributed by atoms with Crippen LogP contribution in [0, 0.1) is 5.92 Å². The summed E-state index contributed by atoms with van der Waals surface area (Å²) in [7, 11) is 0. The lowest BCUT2D eigenvalue weighted by Gasteiger charge is -2.23. The molecule has 21 heavy (non-hydrogen) atoms. The summed E-state index contributed by atoms with van der Waals surface area (Å²) in [5, 5.41) is 11.6. The Bertz CT molecular complexity index is 350. The third-order valence-corrected chi connectivity index (χ3v) is 4.24. The molecular weight excluding hydrogens is 294 g/mol. The van der Waals surface area contributed by atoms with Gasteiger partial charge in [-0.2, -0.15) is 11.8 Å². The van der Waals surface area contributed by atoms with Crippen LogP contribution in [0.25, 0.3) is 0 Å². The molecule has 0 aromatic rings. The maximum atomic E-state index is 11.6. The Balaban J connectivity index is 2.32. The van der Waals surface area contributed by atoms with Crippen molar-refractivity contribution >= 4 is 23.8 Å². The molecule has 1 heterocycles. The Kier molecular flexibility index (Phi) is 7.31. The van der Waals surface area contributed by atoms with E-state index in [1.165, 1.54) is 0 Å². The van der Waals surface area contributed by atoms with Gasteiger partial charge in [0.2, 0.25) is 0 Å². The van der Waals surface area contributed by atoms with Crippen molar-refractivity contribution in [2.75, 3.05) is 24.7 Å². The highest BCUT2D eigenvalue weighted by Crippen LogP contribution is 2.20. The average molecular weight is 319 g/mol. The molecule has 1 unspecified atom stereocenters. The van der Waals surface area contributed by atoms with Gasteiger partial charge in [0.25, 0.3) is 0 Å². The van der Waals surface area contributed by atoms with Crippen molar-refractivity contribution < 1.29 is 24.2 Å². The van der Waals surface area contributed by atoms with Gasteiger partial charge in [0.05, 0.1) is 0 Å². The van der Waals surface area contributed by atoms with Gasteiger partial charge in [0.1, 0.15) is 11.6 Å². The molecule has 0 radical (unpaired) electrons. The number of ether oxygens (including phenoxy) is 2. The molecule has 1 rings (SSSR count). The maximum absolute atomic E-state index is 11.6. The van der Waals surface area contributed by atoms with E-state index in [1.807, 2.05) is 0 Å². The van der Waals surface area contributed by atoms with Gasteiger partial charge in [-0.25, -0.2) is 9.59 Å². The monoisotopic (exact) mass is 319 g/mol. The zero-order chi connectivity index (χ0) is 15.9. The zero-order valence-electron chi connectivity index (χ0n) is 12.9. The van der Waals surface area contributed by atoms with E-state index in [0.717, 1.165) is 31.8 Å². The summed E-state index contributed by atoms with van der Waals surface area (Å²) in [6, 6.07) is -0.926. The molecule has 1 saturated heterocycles. The molecule has 0 saturated carbocycles. The fourth-order valence-corrected chi connectivity index (χ4v) is 3.15. The first-order valence-corrected chi connectivity index (χ1v) is 8.31. The molecule has 1 aliphatic rings. The third kappa shape index (κ3) is 8.16. The number of amides is 1. The van der Waals surface area contributed by atoms with Gasteiger partial charge < -0.3 is 19.9 Å². The number of nitrogens with one attached hydrogen (secondary N) is 1. The SMILES string of the molecule is CC(C)(C)OC(=O)NC(CSCC1CCOCC1)C(=O)O. The zero-order valence-corrected chi connectivity index (χ0v) is 13.7. The molecule has 1 amide bonds. The van der Waals surface area contributed by atoms with E-state index in [1.54, 1.807) is 32.5 Å². The standard InChI is InChI=1S/C14H25NO5S/c1-14(2,3)20-13(18)15-11(12(16)17)9-21-8-10-4-6-19-7-5-10/h10-11H,4-9H2,1-3H3,(H,15,18)(H,16,17). The van der Waals surface area contributed by atoms with Crippen LogP contribution in [-0.4, -0.2) is 53.5 Å².